The molecule has 1 saturated heterocycles. The number of pyridine rings is 1. The van der Waals surface area contributed by atoms with Crippen molar-refractivity contribution in [2.24, 2.45) is 11.8 Å². The molecule has 2 aromatic rings. The van der Waals surface area contributed by atoms with Crippen LogP contribution < -0.4 is 5.32 Å². The summed E-state index contributed by atoms with van der Waals surface area (Å²) >= 11 is 0. The van der Waals surface area contributed by atoms with Crippen LogP contribution in [0.25, 0.3) is 0 Å². The standard InChI is InChI=1S/C21H29N5O2/c1-15(14-26-17(3)11-16(2)24-26)12-23-20(27)18-6-9-25(10-7-18)21(28)19-5-4-8-22-13-19/h4-5,8,11,13,15,18H,6-7,9-10,12,14H2,1-3H3,(H,23,27)/t15-/m0/s1. The second-order valence-corrected chi connectivity index (χ2v) is 7.77. The van der Waals surface area contributed by atoms with Gasteiger partial charge in [-0.25, -0.2) is 0 Å². The second-order valence-electron chi connectivity index (χ2n) is 7.77. The van der Waals surface area contributed by atoms with Crippen LogP contribution in [0, 0.1) is 25.7 Å². The van der Waals surface area contributed by atoms with E-state index in [4.69, 9.17) is 0 Å². The van der Waals surface area contributed by atoms with Gasteiger partial charge in [-0.05, 0) is 50.8 Å². The Bertz CT molecular complexity index is 809. The van der Waals surface area contributed by atoms with Gasteiger partial charge in [-0.3, -0.25) is 19.3 Å². The molecule has 150 valence electrons. The number of likely N-dealkylation sites (tertiary alicyclic amines) is 1. The second kappa shape index (κ2) is 8.99. The van der Waals surface area contributed by atoms with Crippen LogP contribution >= 0.6 is 0 Å². The first kappa shape index (κ1) is 20.0. The maximum absolute atomic E-state index is 12.5. The fourth-order valence-electron chi connectivity index (χ4n) is 3.66. The number of amides is 2. The Balaban J connectivity index is 1.42. The molecular formula is C21H29N5O2. The number of hydrogen-bond donors (Lipinski definition) is 1. The van der Waals surface area contributed by atoms with Gasteiger partial charge in [-0.2, -0.15) is 5.10 Å². The molecule has 1 aliphatic heterocycles. The van der Waals surface area contributed by atoms with E-state index in [1.165, 1.54) is 0 Å². The summed E-state index contributed by atoms with van der Waals surface area (Å²) in [6, 6.07) is 5.60. The molecule has 0 aromatic carbocycles. The minimum Gasteiger partial charge on any atom is -0.356 e. The van der Waals surface area contributed by atoms with Crippen molar-refractivity contribution in [3.05, 3.63) is 47.5 Å². The van der Waals surface area contributed by atoms with E-state index in [0.717, 1.165) is 17.9 Å². The first-order valence-electron chi connectivity index (χ1n) is 9.92. The lowest BCUT2D eigenvalue weighted by Crippen LogP contribution is -2.43. The number of rotatable bonds is 6. The molecule has 0 unspecified atom stereocenters. The number of aromatic nitrogens is 3. The summed E-state index contributed by atoms with van der Waals surface area (Å²) in [4.78, 5) is 30.8. The predicted molar refractivity (Wildman–Crippen MR) is 107 cm³/mol. The highest BCUT2D eigenvalue weighted by Crippen LogP contribution is 2.19. The smallest absolute Gasteiger partial charge is 0.255 e. The first-order chi connectivity index (χ1) is 13.4. The van der Waals surface area contributed by atoms with E-state index in [2.05, 4.69) is 28.4 Å². The van der Waals surface area contributed by atoms with Gasteiger partial charge >= 0.3 is 0 Å². The van der Waals surface area contributed by atoms with Crippen molar-refractivity contribution in [2.75, 3.05) is 19.6 Å². The van der Waals surface area contributed by atoms with Crippen LogP contribution in [0.1, 0.15) is 41.5 Å². The molecule has 2 amide bonds. The zero-order valence-electron chi connectivity index (χ0n) is 16.9. The van der Waals surface area contributed by atoms with Crippen LogP contribution in [-0.4, -0.2) is 51.1 Å². The first-order valence-corrected chi connectivity index (χ1v) is 9.92. The molecule has 7 nitrogen and oxygen atoms in total. The normalized spacial score (nSPS) is 16.0. The van der Waals surface area contributed by atoms with E-state index in [9.17, 15) is 9.59 Å². The summed E-state index contributed by atoms with van der Waals surface area (Å²) in [5.74, 6) is 0.354. The lowest BCUT2D eigenvalue weighted by Gasteiger charge is -2.31. The Morgan fingerprint density at radius 2 is 2.04 bits per heavy atom. The van der Waals surface area contributed by atoms with Crippen LogP contribution in [-0.2, 0) is 11.3 Å². The highest BCUT2D eigenvalue weighted by atomic mass is 16.2. The van der Waals surface area contributed by atoms with Gasteiger partial charge in [0.1, 0.15) is 0 Å². The summed E-state index contributed by atoms with van der Waals surface area (Å²) in [5.41, 5.74) is 2.76. The third-order valence-electron chi connectivity index (χ3n) is 5.27. The Morgan fingerprint density at radius 1 is 1.29 bits per heavy atom. The Labute approximate surface area is 166 Å². The van der Waals surface area contributed by atoms with Crippen molar-refractivity contribution in [3.63, 3.8) is 0 Å². The molecule has 28 heavy (non-hydrogen) atoms. The number of carbonyl (C=O) groups excluding carboxylic acids is 2. The molecule has 2 aromatic heterocycles. The summed E-state index contributed by atoms with van der Waals surface area (Å²) < 4.78 is 1.99. The molecule has 1 aliphatic rings. The van der Waals surface area contributed by atoms with Gasteiger partial charge in [0, 0.05) is 50.2 Å². The maximum Gasteiger partial charge on any atom is 0.255 e. The van der Waals surface area contributed by atoms with Crippen LogP contribution in [0.5, 0.6) is 0 Å². The Morgan fingerprint density at radius 3 is 2.64 bits per heavy atom. The molecule has 0 aliphatic carbocycles. The highest BCUT2D eigenvalue weighted by molar-refractivity contribution is 5.94. The van der Waals surface area contributed by atoms with Gasteiger partial charge in [0.05, 0.1) is 11.3 Å². The summed E-state index contributed by atoms with van der Waals surface area (Å²) in [6.45, 7) is 8.78. The van der Waals surface area contributed by atoms with Crippen molar-refractivity contribution in [1.29, 1.82) is 0 Å². The molecule has 7 heteroatoms. The third kappa shape index (κ3) is 4.97. The number of piperidine rings is 1. The van der Waals surface area contributed by atoms with E-state index < -0.39 is 0 Å². The van der Waals surface area contributed by atoms with E-state index in [-0.39, 0.29) is 17.7 Å². The Hall–Kier alpha value is -2.70. The monoisotopic (exact) mass is 383 g/mol. The van der Waals surface area contributed by atoms with Crippen LogP contribution in [0.3, 0.4) is 0 Å². The van der Waals surface area contributed by atoms with Gasteiger partial charge in [0.2, 0.25) is 5.91 Å². The molecule has 1 N–H and O–H groups in total. The van der Waals surface area contributed by atoms with Crippen molar-refractivity contribution < 1.29 is 9.59 Å². The van der Waals surface area contributed by atoms with Gasteiger partial charge in [-0.1, -0.05) is 6.92 Å². The number of aryl methyl sites for hydroxylation is 2. The zero-order valence-corrected chi connectivity index (χ0v) is 16.9. The summed E-state index contributed by atoms with van der Waals surface area (Å²) in [6.07, 6.45) is 4.64. The topological polar surface area (TPSA) is 80.1 Å². The summed E-state index contributed by atoms with van der Waals surface area (Å²) in [5, 5.41) is 7.56. The zero-order chi connectivity index (χ0) is 20.1. The molecule has 3 heterocycles. The average molecular weight is 383 g/mol. The van der Waals surface area contributed by atoms with Crippen molar-refractivity contribution in [1.82, 2.24) is 25.0 Å². The maximum atomic E-state index is 12.5. The van der Waals surface area contributed by atoms with Gasteiger partial charge in [0.15, 0.2) is 0 Å². The van der Waals surface area contributed by atoms with Crippen molar-refractivity contribution >= 4 is 11.8 Å². The molecule has 1 fully saturated rings. The van der Waals surface area contributed by atoms with Gasteiger partial charge in [0.25, 0.3) is 5.91 Å². The largest absolute Gasteiger partial charge is 0.356 e. The van der Waals surface area contributed by atoms with Crippen LogP contribution in [0.2, 0.25) is 0 Å². The number of nitrogens with zero attached hydrogens (tertiary/aromatic N) is 4. The number of nitrogens with one attached hydrogen (secondary N) is 1. The lowest BCUT2D eigenvalue weighted by molar-refractivity contribution is -0.126. The quantitative estimate of drug-likeness (QED) is 0.829. The molecule has 1 atom stereocenters. The minimum absolute atomic E-state index is 0.00883. The fourth-order valence-corrected chi connectivity index (χ4v) is 3.66. The van der Waals surface area contributed by atoms with E-state index in [1.54, 1.807) is 24.5 Å². The third-order valence-corrected chi connectivity index (χ3v) is 5.27. The average Bonchev–Trinajstić information content (AvgIpc) is 3.03. The predicted octanol–water partition coefficient (Wildman–Crippen LogP) is 2.20. The van der Waals surface area contributed by atoms with Gasteiger partial charge < -0.3 is 10.2 Å². The molecule has 0 radical (unpaired) electrons. The Kier molecular flexibility index (Phi) is 6.44. The van der Waals surface area contributed by atoms with Gasteiger partial charge in [-0.15, -0.1) is 0 Å². The minimum atomic E-state index is -0.0289. The number of carbonyl (C=O) groups is 2. The van der Waals surface area contributed by atoms with E-state index in [0.29, 0.717) is 44.0 Å². The SMILES string of the molecule is Cc1cc(C)n(C[C@@H](C)CNC(=O)C2CCN(C(=O)c3cccnc3)CC2)n1. The lowest BCUT2D eigenvalue weighted by atomic mass is 9.95. The van der Waals surface area contributed by atoms with Crippen LogP contribution in [0.4, 0.5) is 0 Å². The van der Waals surface area contributed by atoms with E-state index >= 15 is 0 Å². The van der Waals surface area contributed by atoms with E-state index in [1.807, 2.05) is 23.4 Å². The molecule has 0 spiro atoms. The molecule has 0 saturated carbocycles. The van der Waals surface area contributed by atoms with Crippen LogP contribution in [0.15, 0.2) is 30.6 Å². The molecular weight excluding hydrogens is 354 g/mol. The molecule has 0 bridgehead atoms. The van der Waals surface area contributed by atoms with Crippen molar-refractivity contribution in [3.8, 4) is 0 Å². The fraction of sp³-hybridized carbons (Fsp3) is 0.524. The number of hydrogen-bond acceptors (Lipinski definition) is 4. The molecule has 3 rings (SSSR count). The highest BCUT2D eigenvalue weighted by Gasteiger charge is 2.28. The van der Waals surface area contributed by atoms with Crippen molar-refractivity contribution in [2.45, 2.75) is 40.2 Å². The summed E-state index contributed by atoms with van der Waals surface area (Å²) in [7, 11) is 0.